The minimum Gasteiger partial charge on any atom is -0.480 e. The van der Waals surface area contributed by atoms with Gasteiger partial charge in [0.2, 0.25) is 5.91 Å². The Labute approximate surface area is 112 Å². The lowest BCUT2D eigenvalue weighted by atomic mass is 10.0. The molecule has 1 aromatic carbocycles. The number of hydrogen-bond acceptors (Lipinski definition) is 2. The standard InChI is InChI=1S/C15H17NO3/c17-14(10-9-12-6-2-1-3-7-12)16-11-5-4-8-13(16)15(18)19/h1-3,6-7,9-10,13H,4-5,8,11H2,(H,18,19)/b10-9+/t13-/m0/s1. The largest absolute Gasteiger partial charge is 0.480 e. The second kappa shape index (κ2) is 6.18. The average Bonchev–Trinajstić information content (AvgIpc) is 2.46. The lowest BCUT2D eigenvalue weighted by Crippen LogP contribution is -2.47. The molecule has 1 aromatic rings. The number of nitrogens with zero attached hydrogens (tertiary/aromatic N) is 1. The number of rotatable bonds is 3. The van der Waals surface area contributed by atoms with E-state index in [-0.39, 0.29) is 5.91 Å². The fourth-order valence-corrected chi connectivity index (χ4v) is 2.28. The maximum absolute atomic E-state index is 12.1. The molecule has 1 N–H and O–H groups in total. The van der Waals surface area contributed by atoms with Gasteiger partial charge in [0.15, 0.2) is 0 Å². The lowest BCUT2D eigenvalue weighted by molar-refractivity contribution is -0.150. The third-order valence-corrected chi connectivity index (χ3v) is 3.29. The first-order chi connectivity index (χ1) is 9.18. The molecule has 0 radical (unpaired) electrons. The van der Waals surface area contributed by atoms with Crippen LogP contribution in [0, 0.1) is 0 Å². The Hall–Kier alpha value is -2.10. The van der Waals surface area contributed by atoms with E-state index in [2.05, 4.69) is 0 Å². The zero-order chi connectivity index (χ0) is 13.7. The van der Waals surface area contributed by atoms with E-state index in [1.165, 1.54) is 11.0 Å². The summed E-state index contributed by atoms with van der Waals surface area (Å²) in [7, 11) is 0. The van der Waals surface area contributed by atoms with E-state index in [0.29, 0.717) is 13.0 Å². The van der Waals surface area contributed by atoms with Gasteiger partial charge in [-0.3, -0.25) is 4.79 Å². The molecule has 1 fully saturated rings. The first kappa shape index (κ1) is 13.3. The van der Waals surface area contributed by atoms with Crippen molar-refractivity contribution in [3.8, 4) is 0 Å². The molecule has 0 bridgehead atoms. The van der Waals surface area contributed by atoms with Gasteiger partial charge >= 0.3 is 5.97 Å². The summed E-state index contributed by atoms with van der Waals surface area (Å²) in [5, 5.41) is 9.12. The Morgan fingerprint density at radius 1 is 1.21 bits per heavy atom. The Morgan fingerprint density at radius 2 is 1.95 bits per heavy atom. The first-order valence-corrected chi connectivity index (χ1v) is 6.45. The lowest BCUT2D eigenvalue weighted by Gasteiger charge is -2.32. The molecule has 1 aliphatic heterocycles. The number of piperidine rings is 1. The minimum atomic E-state index is -0.916. The molecular weight excluding hydrogens is 242 g/mol. The average molecular weight is 259 g/mol. The van der Waals surface area contributed by atoms with E-state index in [9.17, 15) is 9.59 Å². The molecule has 1 aliphatic rings. The number of amides is 1. The van der Waals surface area contributed by atoms with E-state index in [4.69, 9.17) is 5.11 Å². The number of aliphatic carboxylic acids is 1. The predicted molar refractivity (Wildman–Crippen MR) is 72.5 cm³/mol. The fourth-order valence-electron chi connectivity index (χ4n) is 2.28. The molecular formula is C15H17NO3. The zero-order valence-electron chi connectivity index (χ0n) is 10.7. The second-order valence-corrected chi connectivity index (χ2v) is 4.63. The highest BCUT2D eigenvalue weighted by Gasteiger charge is 2.30. The maximum atomic E-state index is 12.1. The molecule has 1 atom stereocenters. The van der Waals surface area contributed by atoms with Crippen molar-refractivity contribution in [2.24, 2.45) is 0 Å². The third kappa shape index (κ3) is 3.44. The Kier molecular flexibility index (Phi) is 4.34. The van der Waals surface area contributed by atoms with Crippen LogP contribution in [0.25, 0.3) is 6.08 Å². The smallest absolute Gasteiger partial charge is 0.326 e. The highest BCUT2D eigenvalue weighted by atomic mass is 16.4. The number of carboxylic acid groups (broad SMARTS) is 1. The van der Waals surface area contributed by atoms with Crippen LogP contribution in [0.4, 0.5) is 0 Å². The highest BCUT2D eigenvalue weighted by Crippen LogP contribution is 2.18. The van der Waals surface area contributed by atoms with Crippen LogP contribution >= 0.6 is 0 Å². The SMILES string of the molecule is O=C(O)[C@@H]1CCCCN1C(=O)/C=C/c1ccccc1. The van der Waals surface area contributed by atoms with Crippen LogP contribution < -0.4 is 0 Å². The molecule has 1 saturated heterocycles. The van der Waals surface area contributed by atoms with Gasteiger partial charge in [0.1, 0.15) is 6.04 Å². The van der Waals surface area contributed by atoms with Crippen LogP contribution in [0.1, 0.15) is 24.8 Å². The van der Waals surface area contributed by atoms with Crippen molar-refractivity contribution in [1.29, 1.82) is 0 Å². The summed E-state index contributed by atoms with van der Waals surface area (Å²) >= 11 is 0. The number of benzene rings is 1. The molecule has 100 valence electrons. The summed E-state index contributed by atoms with van der Waals surface area (Å²) in [6.45, 7) is 0.523. The zero-order valence-corrected chi connectivity index (χ0v) is 10.7. The number of carbonyl (C=O) groups is 2. The van der Waals surface area contributed by atoms with Crippen molar-refractivity contribution in [2.75, 3.05) is 6.54 Å². The molecule has 4 heteroatoms. The third-order valence-electron chi connectivity index (χ3n) is 3.29. The van der Waals surface area contributed by atoms with Crippen molar-refractivity contribution in [3.05, 3.63) is 42.0 Å². The Morgan fingerprint density at radius 3 is 2.63 bits per heavy atom. The van der Waals surface area contributed by atoms with Gasteiger partial charge in [-0.25, -0.2) is 4.79 Å². The molecule has 0 aliphatic carbocycles. The first-order valence-electron chi connectivity index (χ1n) is 6.45. The summed E-state index contributed by atoms with van der Waals surface area (Å²) in [6.07, 6.45) is 5.45. The summed E-state index contributed by atoms with van der Waals surface area (Å²) in [4.78, 5) is 24.6. The number of carbonyl (C=O) groups excluding carboxylic acids is 1. The monoisotopic (exact) mass is 259 g/mol. The van der Waals surface area contributed by atoms with Crippen LogP contribution in [-0.4, -0.2) is 34.5 Å². The minimum absolute atomic E-state index is 0.226. The van der Waals surface area contributed by atoms with Gasteiger partial charge in [-0.1, -0.05) is 30.3 Å². The fraction of sp³-hybridized carbons (Fsp3) is 0.333. The van der Waals surface area contributed by atoms with Crippen LogP contribution in [0.2, 0.25) is 0 Å². The molecule has 0 unspecified atom stereocenters. The number of hydrogen-bond donors (Lipinski definition) is 1. The summed E-state index contributed by atoms with van der Waals surface area (Å²) < 4.78 is 0. The van der Waals surface area contributed by atoms with Crippen LogP contribution in [0.5, 0.6) is 0 Å². The Balaban J connectivity index is 2.06. The van der Waals surface area contributed by atoms with Crippen molar-refractivity contribution in [1.82, 2.24) is 4.90 Å². The van der Waals surface area contributed by atoms with Crippen LogP contribution in [0.15, 0.2) is 36.4 Å². The summed E-state index contributed by atoms with van der Waals surface area (Å²) in [5.41, 5.74) is 0.930. The normalized spacial score (nSPS) is 19.6. The van der Waals surface area contributed by atoms with Gasteiger partial charge in [-0.15, -0.1) is 0 Å². The van der Waals surface area contributed by atoms with Gasteiger partial charge in [-0.2, -0.15) is 0 Å². The van der Waals surface area contributed by atoms with E-state index in [0.717, 1.165) is 18.4 Å². The van der Waals surface area contributed by atoms with Crippen molar-refractivity contribution < 1.29 is 14.7 Å². The topological polar surface area (TPSA) is 57.6 Å². The quantitative estimate of drug-likeness (QED) is 0.846. The van der Waals surface area contributed by atoms with Crippen molar-refractivity contribution in [3.63, 3.8) is 0 Å². The molecule has 1 heterocycles. The molecule has 0 saturated carbocycles. The molecule has 4 nitrogen and oxygen atoms in total. The van der Waals surface area contributed by atoms with Gasteiger partial charge < -0.3 is 10.0 Å². The van der Waals surface area contributed by atoms with Gasteiger partial charge in [0.05, 0.1) is 0 Å². The number of likely N-dealkylation sites (tertiary alicyclic amines) is 1. The molecule has 0 spiro atoms. The van der Waals surface area contributed by atoms with Gasteiger partial charge in [0.25, 0.3) is 0 Å². The van der Waals surface area contributed by atoms with Crippen LogP contribution in [-0.2, 0) is 9.59 Å². The van der Waals surface area contributed by atoms with Gasteiger partial charge in [0, 0.05) is 12.6 Å². The summed E-state index contributed by atoms with van der Waals surface area (Å²) in [5.74, 6) is -1.14. The molecule has 1 amide bonds. The van der Waals surface area contributed by atoms with Crippen molar-refractivity contribution >= 4 is 18.0 Å². The maximum Gasteiger partial charge on any atom is 0.326 e. The predicted octanol–water partition coefficient (Wildman–Crippen LogP) is 2.17. The summed E-state index contributed by atoms with van der Waals surface area (Å²) in [6, 6.07) is 8.81. The van der Waals surface area contributed by atoms with Crippen LogP contribution in [0.3, 0.4) is 0 Å². The van der Waals surface area contributed by atoms with Gasteiger partial charge in [-0.05, 0) is 30.9 Å². The highest BCUT2D eigenvalue weighted by molar-refractivity contribution is 5.94. The van der Waals surface area contributed by atoms with E-state index < -0.39 is 12.0 Å². The molecule has 19 heavy (non-hydrogen) atoms. The Bertz CT molecular complexity index is 481. The molecule has 0 aromatic heterocycles. The van der Waals surface area contributed by atoms with E-state index in [1.807, 2.05) is 30.3 Å². The van der Waals surface area contributed by atoms with Crippen molar-refractivity contribution in [2.45, 2.75) is 25.3 Å². The number of carboxylic acids is 1. The molecule has 2 rings (SSSR count). The van der Waals surface area contributed by atoms with E-state index >= 15 is 0 Å². The van der Waals surface area contributed by atoms with E-state index in [1.54, 1.807) is 6.08 Å². The second-order valence-electron chi connectivity index (χ2n) is 4.63.